The van der Waals surface area contributed by atoms with E-state index < -0.39 is 23.7 Å². The van der Waals surface area contributed by atoms with Crippen molar-refractivity contribution in [2.45, 2.75) is 26.4 Å². The Bertz CT molecular complexity index is 767. The second kappa shape index (κ2) is 7.87. The molecule has 1 aromatic carbocycles. The first-order chi connectivity index (χ1) is 11.8. The largest absolute Gasteiger partial charge is 0.347 e. The van der Waals surface area contributed by atoms with Crippen LogP contribution in [0, 0.1) is 18.6 Å². The molecular formula is C17H21F2N5O. The van der Waals surface area contributed by atoms with E-state index in [1.165, 1.54) is 12.1 Å². The lowest BCUT2D eigenvalue weighted by molar-refractivity contribution is 0.237. The Balaban J connectivity index is 1.98. The smallest absolute Gasteiger partial charge is 0.315 e. The number of aryl methyl sites for hydroxylation is 1. The number of carbonyl (C=O) groups excluding carboxylic acids is 1. The molecule has 1 atom stereocenters. The number of urea groups is 1. The lowest BCUT2D eigenvalue weighted by Gasteiger charge is -2.16. The molecule has 25 heavy (non-hydrogen) atoms. The lowest BCUT2D eigenvalue weighted by atomic mass is 10.1. The van der Waals surface area contributed by atoms with Crippen molar-refractivity contribution in [3.8, 4) is 0 Å². The summed E-state index contributed by atoms with van der Waals surface area (Å²) in [6, 6.07) is 4.45. The summed E-state index contributed by atoms with van der Waals surface area (Å²) in [7, 11) is 3.65. The van der Waals surface area contributed by atoms with E-state index in [0.717, 1.165) is 11.8 Å². The van der Waals surface area contributed by atoms with Crippen molar-refractivity contribution in [1.29, 1.82) is 0 Å². The lowest BCUT2D eigenvalue weighted by Crippen LogP contribution is -2.37. The van der Waals surface area contributed by atoms with E-state index in [0.29, 0.717) is 11.6 Å². The highest BCUT2D eigenvalue weighted by molar-refractivity contribution is 5.74. The zero-order valence-electron chi connectivity index (χ0n) is 14.6. The fourth-order valence-electron chi connectivity index (χ4n) is 2.26. The molecule has 2 N–H and O–H groups in total. The normalized spacial score (nSPS) is 11.8. The number of rotatable bonds is 5. The minimum Gasteiger partial charge on any atom is -0.347 e. The number of aromatic nitrogens is 2. The van der Waals surface area contributed by atoms with Gasteiger partial charge in [0.05, 0.1) is 18.3 Å². The van der Waals surface area contributed by atoms with Crippen LogP contribution < -0.4 is 15.5 Å². The Morgan fingerprint density at radius 1 is 1.28 bits per heavy atom. The average molecular weight is 349 g/mol. The van der Waals surface area contributed by atoms with Gasteiger partial charge in [0.1, 0.15) is 0 Å². The van der Waals surface area contributed by atoms with Crippen LogP contribution in [-0.2, 0) is 6.54 Å². The molecular weight excluding hydrogens is 328 g/mol. The van der Waals surface area contributed by atoms with Crippen LogP contribution in [0.4, 0.5) is 19.5 Å². The van der Waals surface area contributed by atoms with Gasteiger partial charge in [0.15, 0.2) is 11.6 Å². The summed E-state index contributed by atoms with van der Waals surface area (Å²) < 4.78 is 27.0. The molecule has 2 aromatic rings. The Hall–Kier alpha value is -2.77. The first-order valence-electron chi connectivity index (χ1n) is 7.78. The van der Waals surface area contributed by atoms with Crippen molar-refractivity contribution in [3.05, 3.63) is 52.9 Å². The Morgan fingerprint density at radius 3 is 2.68 bits per heavy atom. The second-order valence-corrected chi connectivity index (χ2v) is 5.89. The highest BCUT2D eigenvalue weighted by atomic mass is 19.2. The minimum absolute atomic E-state index is 0.0860. The fourth-order valence-corrected chi connectivity index (χ4v) is 2.26. The van der Waals surface area contributed by atoms with Crippen molar-refractivity contribution < 1.29 is 13.6 Å². The van der Waals surface area contributed by atoms with Gasteiger partial charge in [-0.05, 0) is 26.0 Å². The molecule has 0 saturated carbocycles. The molecule has 134 valence electrons. The first kappa shape index (κ1) is 18.6. The fraction of sp³-hybridized carbons (Fsp3) is 0.353. The van der Waals surface area contributed by atoms with Crippen molar-refractivity contribution in [2.24, 2.45) is 0 Å². The number of hydrogen-bond acceptors (Lipinski definition) is 4. The molecule has 1 unspecified atom stereocenters. The number of nitrogens with one attached hydrogen (secondary N) is 2. The molecule has 0 fully saturated rings. The van der Waals surface area contributed by atoms with Crippen LogP contribution in [0.5, 0.6) is 0 Å². The molecule has 2 rings (SSSR count). The van der Waals surface area contributed by atoms with E-state index in [1.807, 2.05) is 21.0 Å². The van der Waals surface area contributed by atoms with Crippen molar-refractivity contribution in [1.82, 2.24) is 20.6 Å². The molecule has 2 amide bonds. The Kier molecular flexibility index (Phi) is 5.84. The van der Waals surface area contributed by atoms with Gasteiger partial charge in [0.25, 0.3) is 0 Å². The SMILES string of the molecule is Cc1cc(CNC(=O)NC(C)c2cccc(F)c2F)nc(N(C)C)n1. The summed E-state index contributed by atoms with van der Waals surface area (Å²) >= 11 is 0. The van der Waals surface area contributed by atoms with Crippen LogP contribution in [0.15, 0.2) is 24.3 Å². The van der Waals surface area contributed by atoms with Crippen molar-refractivity contribution >= 4 is 12.0 Å². The van der Waals surface area contributed by atoms with Gasteiger partial charge in [-0.3, -0.25) is 0 Å². The molecule has 0 saturated heterocycles. The quantitative estimate of drug-likeness (QED) is 0.871. The molecule has 1 heterocycles. The van der Waals surface area contributed by atoms with Gasteiger partial charge in [0.2, 0.25) is 5.95 Å². The minimum atomic E-state index is -0.961. The van der Waals surface area contributed by atoms with E-state index in [9.17, 15) is 13.6 Å². The maximum atomic E-state index is 13.7. The van der Waals surface area contributed by atoms with E-state index in [2.05, 4.69) is 20.6 Å². The molecule has 0 radical (unpaired) electrons. The predicted molar refractivity (Wildman–Crippen MR) is 91.2 cm³/mol. The van der Waals surface area contributed by atoms with Crippen LogP contribution in [0.25, 0.3) is 0 Å². The molecule has 6 nitrogen and oxygen atoms in total. The number of anilines is 1. The molecule has 0 aliphatic heterocycles. The number of hydrogen-bond donors (Lipinski definition) is 2. The molecule has 0 bridgehead atoms. The predicted octanol–water partition coefficient (Wildman–Crippen LogP) is 2.69. The van der Waals surface area contributed by atoms with Gasteiger partial charge >= 0.3 is 6.03 Å². The number of amides is 2. The summed E-state index contributed by atoms with van der Waals surface area (Å²) in [4.78, 5) is 22.4. The van der Waals surface area contributed by atoms with Crippen LogP contribution in [-0.4, -0.2) is 30.1 Å². The third-order valence-electron chi connectivity index (χ3n) is 3.52. The van der Waals surface area contributed by atoms with E-state index in [1.54, 1.807) is 17.9 Å². The monoisotopic (exact) mass is 349 g/mol. The summed E-state index contributed by atoms with van der Waals surface area (Å²) in [5.41, 5.74) is 1.52. The van der Waals surface area contributed by atoms with E-state index in [4.69, 9.17) is 0 Å². The highest BCUT2D eigenvalue weighted by Gasteiger charge is 2.16. The zero-order chi connectivity index (χ0) is 18.6. The topological polar surface area (TPSA) is 70.2 Å². The van der Waals surface area contributed by atoms with Gasteiger partial charge in [-0.15, -0.1) is 0 Å². The molecule has 1 aromatic heterocycles. The second-order valence-electron chi connectivity index (χ2n) is 5.89. The Morgan fingerprint density at radius 2 is 2.00 bits per heavy atom. The van der Waals surface area contributed by atoms with Crippen LogP contribution in [0.3, 0.4) is 0 Å². The third-order valence-corrected chi connectivity index (χ3v) is 3.52. The standard InChI is InChI=1S/C17H21F2N5O/c1-10-8-12(23-16(21-10)24(3)4)9-20-17(25)22-11(2)13-6-5-7-14(18)15(13)19/h5-8,11H,9H2,1-4H3,(H2,20,22,25). The summed E-state index contributed by atoms with van der Waals surface area (Å²) in [6.45, 7) is 3.61. The maximum Gasteiger partial charge on any atom is 0.315 e. The summed E-state index contributed by atoms with van der Waals surface area (Å²) in [5, 5.41) is 5.23. The van der Waals surface area contributed by atoms with Gasteiger partial charge in [-0.1, -0.05) is 12.1 Å². The average Bonchev–Trinajstić information content (AvgIpc) is 2.54. The Labute approximate surface area is 145 Å². The van der Waals surface area contributed by atoms with Gasteiger partial charge in [0, 0.05) is 25.4 Å². The third kappa shape index (κ3) is 4.85. The molecule has 0 aliphatic carbocycles. The van der Waals surface area contributed by atoms with Gasteiger partial charge < -0.3 is 15.5 Å². The number of halogens is 2. The van der Waals surface area contributed by atoms with Gasteiger partial charge in [-0.25, -0.2) is 23.5 Å². The van der Waals surface area contributed by atoms with Gasteiger partial charge in [-0.2, -0.15) is 0 Å². The van der Waals surface area contributed by atoms with Crippen LogP contribution >= 0.6 is 0 Å². The molecule has 8 heteroatoms. The summed E-state index contributed by atoms with van der Waals surface area (Å²) in [6.07, 6.45) is 0. The number of carbonyl (C=O) groups is 1. The van der Waals surface area contributed by atoms with Crippen LogP contribution in [0.2, 0.25) is 0 Å². The number of benzene rings is 1. The first-order valence-corrected chi connectivity index (χ1v) is 7.78. The maximum absolute atomic E-state index is 13.7. The number of nitrogens with zero attached hydrogens (tertiary/aromatic N) is 3. The van der Waals surface area contributed by atoms with Crippen molar-refractivity contribution in [2.75, 3.05) is 19.0 Å². The van der Waals surface area contributed by atoms with Crippen molar-refractivity contribution in [3.63, 3.8) is 0 Å². The summed E-state index contributed by atoms with van der Waals surface area (Å²) in [5.74, 6) is -1.36. The van der Waals surface area contributed by atoms with E-state index >= 15 is 0 Å². The van der Waals surface area contributed by atoms with Crippen LogP contribution in [0.1, 0.15) is 29.9 Å². The molecule has 0 aliphatic rings. The zero-order valence-corrected chi connectivity index (χ0v) is 14.6. The molecule has 0 spiro atoms. The van der Waals surface area contributed by atoms with E-state index in [-0.39, 0.29) is 12.1 Å². The highest BCUT2D eigenvalue weighted by Crippen LogP contribution is 2.18.